The van der Waals surface area contributed by atoms with Gasteiger partial charge in [-0.3, -0.25) is 0 Å². The van der Waals surface area contributed by atoms with Crippen LogP contribution in [0.2, 0.25) is 0 Å². The van der Waals surface area contributed by atoms with Crippen LogP contribution < -0.4 is 5.73 Å². The molecule has 0 aromatic rings. The Hall–Kier alpha value is -0.770. The number of hydrogen-bond acceptors (Lipinski definition) is 2. The molecule has 0 fully saturated rings. The maximum Gasteiger partial charge on any atom is 0.407 e. The minimum absolute atomic E-state index is 0.111. The molecule has 14 heavy (non-hydrogen) atoms. The van der Waals surface area contributed by atoms with Crippen molar-refractivity contribution >= 4 is 6.09 Å². The number of rotatable bonds is 3. The van der Waals surface area contributed by atoms with E-state index in [1.807, 2.05) is 34.6 Å². The Kier molecular flexibility index (Phi) is 3.94. The van der Waals surface area contributed by atoms with Crippen LogP contribution in [0.25, 0.3) is 0 Å². The third-order valence-electron chi connectivity index (χ3n) is 3.09. The molecular formula is C10H22N2O2. The highest BCUT2D eigenvalue weighted by Crippen LogP contribution is 2.34. The lowest BCUT2D eigenvalue weighted by molar-refractivity contribution is 0.0293. The van der Waals surface area contributed by atoms with Gasteiger partial charge < -0.3 is 15.7 Å². The smallest absolute Gasteiger partial charge is 0.407 e. The van der Waals surface area contributed by atoms with E-state index in [0.29, 0.717) is 13.1 Å². The van der Waals surface area contributed by atoms with Crippen molar-refractivity contribution in [3.05, 3.63) is 0 Å². The van der Waals surface area contributed by atoms with E-state index < -0.39 is 11.6 Å². The SMILES string of the molecule is CC(C)(C)C(C)(C)N(CCN)C(=O)O. The Balaban J connectivity index is 4.90. The molecule has 3 N–H and O–H groups in total. The number of amides is 1. The van der Waals surface area contributed by atoms with Gasteiger partial charge in [0.05, 0.1) is 0 Å². The van der Waals surface area contributed by atoms with E-state index in [1.165, 1.54) is 4.90 Å². The summed E-state index contributed by atoms with van der Waals surface area (Å²) in [6, 6.07) is 0. The van der Waals surface area contributed by atoms with Gasteiger partial charge in [0.1, 0.15) is 0 Å². The summed E-state index contributed by atoms with van der Waals surface area (Å²) < 4.78 is 0. The van der Waals surface area contributed by atoms with Crippen LogP contribution >= 0.6 is 0 Å². The largest absolute Gasteiger partial charge is 0.465 e. The summed E-state index contributed by atoms with van der Waals surface area (Å²) in [4.78, 5) is 12.5. The van der Waals surface area contributed by atoms with Crippen molar-refractivity contribution in [2.75, 3.05) is 13.1 Å². The quantitative estimate of drug-likeness (QED) is 0.732. The fourth-order valence-corrected chi connectivity index (χ4v) is 1.15. The van der Waals surface area contributed by atoms with Crippen molar-refractivity contribution in [2.24, 2.45) is 11.1 Å². The van der Waals surface area contributed by atoms with Crippen LogP contribution in [0, 0.1) is 5.41 Å². The predicted molar refractivity (Wildman–Crippen MR) is 57.3 cm³/mol. The van der Waals surface area contributed by atoms with Crippen molar-refractivity contribution < 1.29 is 9.90 Å². The lowest BCUT2D eigenvalue weighted by Gasteiger charge is -2.46. The second-order valence-corrected chi connectivity index (χ2v) is 5.03. The first-order valence-corrected chi connectivity index (χ1v) is 4.85. The van der Waals surface area contributed by atoms with Gasteiger partial charge in [0.25, 0.3) is 0 Å². The maximum atomic E-state index is 11.1. The van der Waals surface area contributed by atoms with Crippen LogP contribution in [0.4, 0.5) is 4.79 Å². The Bertz CT molecular complexity index is 207. The molecule has 1 amide bonds. The van der Waals surface area contributed by atoms with E-state index in [-0.39, 0.29) is 5.41 Å². The van der Waals surface area contributed by atoms with Crippen molar-refractivity contribution in [1.82, 2.24) is 4.90 Å². The van der Waals surface area contributed by atoms with Gasteiger partial charge in [-0.2, -0.15) is 0 Å². The van der Waals surface area contributed by atoms with Crippen molar-refractivity contribution in [1.29, 1.82) is 0 Å². The molecule has 4 heteroatoms. The number of nitrogens with two attached hydrogens (primary N) is 1. The lowest BCUT2D eigenvalue weighted by Crippen LogP contribution is -2.56. The second kappa shape index (κ2) is 4.17. The maximum absolute atomic E-state index is 11.1. The van der Waals surface area contributed by atoms with E-state index in [1.54, 1.807) is 0 Å². The summed E-state index contributed by atoms with van der Waals surface area (Å²) in [6.07, 6.45) is -0.907. The molecule has 0 saturated heterocycles. The summed E-state index contributed by atoms with van der Waals surface area (Å²) in [5.74, 6) is 0. The summed E-state index contributed by atoms with van der Waals surface area (Å²) in [5.41, 5.74) is 4.87. The minimum atomic E-state index is -0.907. The van der Waals surface area contributed by atoms with Crippen molar-refractivity contribution in [3.8, 4) is 0 Å². The molecule has 0 atom stereocenters. The molecule has 0 aliphatic heterocycles. The molecule has 0 rings (SSSR count). The van der Waals surface area contributed by atoms with E-state index in [0.717, 1.165) is 0 Å². The Labute approximate surface area is 86.1 Å². The molecule has 0 aromatic heterocycles. The predicted octanol–water partition coefficient (Wildman–Crippen LogP) is 1.75. The molecule has 4 nitrogen and oxygen atoms in total. The van der Waals surface area contributed by atoms with Gasteiger partial charge in [0.2, 0.25) is 0 Å². The average molecular weight is 202 g/mol. The topological polar surface area (TPSA) is 66.6 Å². The zero-order chi connectivity index (χ0) is 11.6. The highest BCUT2D eigenvalue weighted by atomic mass is 16.4. The van der Waals surface area contributed by atoms with Crippen LogP contribution in [-0.4, -0.2) is 34.7 Å². The van der Waals surface area contributed by atoms with Crippen molar-refractivity contribution in [2.45, 2.75) is 40.2 Å². The lowest BCUT2D eigenvalue weighted by atomic mass is 9.75. The minimum Gasteiger partial charge on any atom is -0.465 e. The average Bonchev–Trinajstić information content (AvgIpc) is 1.96. The van der Waals surface area contributed by atoms with Gasteiger partial charge in [-0.05, 0) is 19.3 Å². The van der Waals surface area contributed by atoms with Gasteiger partial charge in [0, 0.05) is 18.6 Å². The molecule has 0 saturated carbocycles. The van der Waals surface area contributed by atoms with E-state index >= 15 is 0 Å². The zero-order valence-electron chi connectivity index (χ0n) is 9.79. The molecule has 0 unspecified atom stereocenters. The third kappa shape index (κ3) is 2.61. The Morgan fingerprint density at radius 1 is 1.29 bits per heavy atom. The monoisotopic (exact) mass is 202 g/mol. The molecule has 0 heterocycles. The zero-order valence-corrected chi connectivity index (χ0v) is 9.79. The van der Waals surface area contributed by atoms with Crippen molar-refractivity contribution in [3.63, 3.8) is 0 Å². The summed E-state index contributed by atoms with van der Waals surface area (Å²) >= 11 is 0. The molecule has 0 spiro atoms. The molecular weight excluding hydrogens is 180 g/mol. The number of carbonyl (C=O) groups is 1. The standard InChI is InChI=1S/C10H22N2O2/c1-9(2,3)10(4,5)12(7-6-11)8(13)14/h6-7,11H2,1-5H3,(H,13,14). The number of nitrogens with zero attached hydrogens (tertiary/aromatic N) is 1. The van der Waals surface area contributed by atoms with Crippen LogP contribution in [0.15, 0.2) is 0 Å². The molecule has 0 bridgehead atoms. The fraction of sp³-hybridized carbons (Fsp3) is 0.900. The van der Waals surface area contributed by atoms with Crippen LogP contribution in [0.5, 0.6) is 0 Å². The van der Waals surface area contributed by atoms with E-state index in [4.69, 9.17) is 10.8 Å². The highest BCUT2D eigenvalue weighted by Gasteiger charge is 2.40. The summed E-state index contributed by atoms with van der Waals surface area (Å²) in [6.45, 7) is 10.7. The van der Waals surface area contributed by atoms with E-state index in [2.05, 4.69) is 0 Å². The summed E-state index contributed by atoms with van der Waals surface area (Å²) in [7, 11) is 0. The highest BCUT2D eigenvalue weighted by molar-refractivity contribution is 5.66. The van der Waals surface area contributed by atoms with Crippen LogP contribution in [0.3, 0.4) is 0 Å². The number of hydrogen-bond donors (Lipinski definition) is 2. The van der Waals surface area contributed by atoms with Gasteiger partial charge in [-0.15, -0.1) is 0 Å². The third-order valence-corrected chi connectivity index (χ3v) is 3.09. The van der Waals surface area contributed by atoms with Gasteiger partial charge in [-0.25, -0.2) is 4.79 Å². The molecule has 0 aromatic carbocycles. The normalized spacial score (nSPS) is 12.7. The Morgan fingerprint density at radius 2 is 1.71 bits per heavy atom. The number of carboxylic acid groups (broad SMARTS) is 1. The fourth-order valence-electron chi connectivity index (χ4n) is 1.15. The molecule has 0 aliphatic rings. The summed E-state index contributed by atoms with van der Waals surface area (Å²) in [5, 5.41) is 9.07. The first kappa shape index (κ1) is 13.2. The molecule has 0 radical (unpaired) electrons. The van der Waals surface area contributed by atoms with Gasteiger partial charge in [-0.1, -0.05) is 20.8 Å². The van der Waals surface area contributed by atoms with E-state index in [9.17, 15) is 4.79 Å². The Morgan fingerprint density at radius 3 is 1.93 bits per heavy atom. The first-order valence-electron chi connectivity index (χ1n) is 4.85. The first-order chi connectivity index (χ1) is 6.14. The van der Waals surface area contributed by atoms with Crippen LogP contribution in [-0.2, 0) is 0 Å². The van der Waals surface area contributed by atoms with Gasteiger partial charge >= 0.3 is 6.09 Å². The second-order valence-electron chi connectivity index (χ2n) is 5.03. The van der Waals surface area contributed by atoms with Gasteiger partial charge in [0.15, 0.2) is 0 Å². The molecule has 84 valence electrons. The van der Waals surface area contributed by atoms with Crippen LogP contribution in [0.1, 0.15) is 34.6 Å². The molecule has 0 aliphatic carbocycles.